The Kier molecular flexibility index (Phi) is 4.52. The normalized spacial score (nSPS) is 13.8. The zero-order chi connectivity index (χ0) is 20.0. The van der Waals surface area contributed by atoms with Gasteiger partial charge in [-0.25, -0.2) is 4.98 Å². The van der Waals surface area contributed by atoms with E-state index in [0.29, 0.717) is 52.2 Å². The highest BCUT2D eigenvalue weighted by molar-refractivity contribution is 6.23. The molecule has 1 aliphatic rings. The Morgan fingerprint density at radius 3 is 2.54 bits per heavy atom. The molecule has 1 aliphatic heterocycles. The minimum Gasteiger partial charge on any atom is -0.338 e. The van der Waals surface area contributed by atoms with Gasteiger partial charge in [-0.3, -0.25) is 19.3 Å². The van der Waals surface area contributed by atoms with Gasteiger partial charge in [0.1, 0.15) is 5.82 Å². The Balaban J connectivity index is 1.78. The summed E-state index contributed by atoms with van der Waals surface area (Å²) >= 11 is 5.95. The molecule has 9 heteroatoms. The highest BCUT2D eigenvalue weighted by atomic mass is 35.5. The van der Waals surface area contributed by atoms with E-state index in [1.165, 1.54) is 11.1 Å². The van der Waals surface area contributed by atoms with Crippen LogP contribution in [0.1, 0.15) is 26.3 Å². The monoisotopic (exact) mass is 399 g/mol. The third kappa shape index (κ3) is 2.90. The molecule has 3 aromatic rings. The quantitative estimate of drug-likeness (QED) is 0.503. The molecule has 8 nitrogen and oxygen atoms in total. The van der Waals surface area contributed by atoms with Gasteiger partial charge >= 0.3 is 0 Å². The predicted octanol–water partition coefficient (Wildman–Crippen LogP) is 1.81. The molecule has 0 aliphatic carbocycles. The van der Waals surface area contributed by atoms with Crippen LogP contribution < -0.4 is 5.56 Å². The van der Waals surface area contributed by atoms with Crippen LogP contribution in [0.2, 0.25) is 0 Å². The number of imidazole rings is 1. The number of carbonyl (C=O) groups excluding carboxylic acids is 2. The molecule has 144 valence electrons. The molecular weight excluding hydrogens is 382 g/mol. The molecule has 0 atom stereocenters. The molecule has 0 fully saturated rings. The molecule has 28 heavy (non-hydrogen) atoms. The molecule has 4 rings (SSSR count). The number of hydrogen-bond acceptors (Lipinski definition) is 5. The summed E-state index contributed by atoms with van der Waals surface area (Å²) < 4.78 is 0. The van der Waals surface area contributed by atoms with Crippen LogP contribution >= 0.6 is 11.6 Å². The number of likely N-dealkylation sites (N-methyl/N-ethyl adjacent to an activating group) is 1. The average molecular weight is 400 g/mol. The molecule has 0 saturated carbocycles. The number of halogens is 1. The summed E-state index contributed by atoms with van der Waals surface area (Å²) in [6, 6.07) is 4.93. The summed E-state index contributed by atoms with van der Waals surface area (Å²) in [5.74, 6) is -0.142. The van der Waals surface area contributed by atoms with E-state index in [9.17, 15) is 14.4 Å². The molecule has 1 aromatic carbocycles. The first-order chi connectivity index (χ1) is 13.4. The number of hydrogen-bond donors (Lipinski definition) is 2. The number of aromatic nitrogens is 3. The van der Waals surface area contributed by atoms with Crippen molar-refractivity contribution >= 4 is 34.4 Å². The van der Waals surface area contributed by atoms with Crippen LogP contribution in [0.3, 0.4) is 0 Å². The van der Waals surface area contributed by atoms with Crippen LogP contribution in [-0.2, 0) is 5.88 Å². The van der Waals surface area contributed by atoms with Gasteiger partial charge in [-0.05, 0) is 37.9 Å². The van der Waals surface area contributed by atoms with E-state index >= 15 is 0 Å². The Morgan fingerprint density at radius 1 is 1.14 bits per heavy atom. The largest absolute Gasteiger partial charge is 0.338 e. The van der Waals surface area contributed by atoms with Gasteiger partial charge in [0, 0.05) is 25.2 Å². The second kappa shape index (κ2) is 6.88. The van der Waals surface area contributed by atoms with Gasteiger partial charge in [-0.1, -0.05) is 0 Å². The first-order valence-corrected chi connectivity index (χ1v) is 9.25. The van der Waals surface area contributed by atoms with Gasteiger partial charge in [-0.15, -0.1) is 11.6 Å². The van der Waals surface area contributed by atoms with E-state index < -0.39 is 0 Å². The lowest BCUT2D eigenvalue weighted by Crippen LogP contribution is -2.35. The van der Waals surface area contributed by atoms with Gasteiger partial charge in [0.05, 0.1) is 27.7 Å². The SMILES string of the molecule is CN(C)CCN1C(=O)c2cc3nc(-c4c(CCl)cc[nH]c4=O)[nH]c3cc2C1=O. The van der Waals surface area contributed by atoms with E-state index in [-0.39, 0.29) is 23.3 Å². The Morgan fingerprint density at radius 2 is 1.86 bits per heavy atom. The lowest BCUT2D eigenvalue weighted by Gasteiger charge is -2.16. The summed E-state index contributed by atoms with van der Waals surface area (Å²) in [4.78, 5) is 50.9. The summed E-state index contributed by atoms with van der Waals surface area (Å²) in [5.41, 5.74) is 2.42. The molecular formula is C19H18ClN5O3. The summed E-state index contributed by atoms with van der Waals surface area (Å²) in [7, 11) is 3.76. The fraction of sp³-hybridized carbons (Fsp3) is 0.263. The van der Waals surface area contributed by atoms with Crippen molar-refractivity contribution < 1.29 is 9.59 Å². The lowest BCUT2D eigenvalue weighted by molar-refractivity contribution is 0.0645. The number of rotatable bonds is 5. The third-order valence-corrected chi connectivity index (χ3v) is 5.06. The van der Waals surface area contributed by atoms with E-state index in [1.807, 2.05) is 19.0 Å². The van der Waals surface area contributed by atoms with Crippen molar-refractivity contribution in [2.45, 2.75) is 5.88 Å². The van der Waals surface area contributed by atoms with Crippen LogP contribution in [0.15, 0.2) is 29.2 Å². The number of nitrogens with one attached hydrogen (secondary N) is 2. The first-order valence-electron chi connectivity index (χ1n) is 8.72. The minimum atomic E-state index is -0.327. The third-order valence-electron chi connectivity index (χ3n) is 4.77. The van der Waals surface area contributed by atoms with Gasteiger partial charge in [-0.2, -0.15) is 0 Å². The van der Waals surface area contributed by atoms with E-state index in [0.717, 1.165) is 0 Å². The Bertz CT molecular complexity index is 1110. The van der Waals surface area contributed by atoms with Gasteiger partial charge in [0.15, 0.2) is 0 Å². The van der Waals surface area contributed by atoms with E-state index in [2.05, 4.69) is 15.0 Å². The average Bonchev–Trinajstić information content (AvgIpc) is 3.17. The van der Waals surface area contributed by atoms with Crippen molar-refractivity contribution in [1.29, 1.82) is 0 Å². The number of amides is 2. The molecule has 2 N–H and O–H groups in total. The van der Waals surface area contributed by atoms with Crippen LogP contribution in [0, 0.1) is 0 Å². The van der Waals surface area contributed by atoms with Crippen molar-refractivity contribution in [3.63, 3.8) is 0 Å². The van der Waals surface area contributed by atoms with Gasteiger partial charge in [0.2, 0.25) is 0 Å². The molecule has 2 amide bonds. The van der Waals surface area contributed by atoms with Crippen molar-refractivity contribution in [3.05, 3.63) is 51.4 Å². The molecule has 0 bridgehead atoms. The maximum absolute atomic E-state index is 12.7. The number of pyridine rings is 1. The topological polar surface area (TPSA) is 102 Å². The summed E-state index contributed by atoms with van der Waals surface area (Å²) in [5, 5.41) is 0. The summed E-state index contributed by atoms with van der Waals surface area (Å²) in [6.07, 6.45) is 1.53. The van der Waals surface area contributed by atoms with Crippen molar-refractivity contribution in [2.75, 3.05) is 27.2 Å². The first kappa shape index (κ1) is 18.4. The minimum absolute atomic E-state index is 0.157. The number of H-pyrrole nitrogens is 2. The van der Waals surface area contributed by atoms with E-state index in [4.69, 9.17) is 11.6 Å². The number of benzene rings is 1. The number of carbonyl (C=O) groups is 2. The number of nitrogens with zero attached hydrogens (tertiary/aromatic N) is 3. The van der Waals surface area contributed by atoms with Gasteiger partial charge < -0.3 is 14.9 Å². The van der Waals surface area contributed by atoms with Crippen LogP contribution in [0.25, 0.3) is 22.4 Å². The van der Waals surface area contributed by atoms with Crippen molar-refractivity contribution in [1.82, 2.24) is 24.8 Å². The highest BCUT2D eigenvalue weighted by Gasteiger charge is 2.36. The van der Waals surface area contributed by atoms with Crippen molar-refractivity contribution in [3.8, 4) is 11.4 Å². The Labute approximate surface area is 165 Å². The van der Waals surface area contributed by atoms with Gasteiger partial charge in [0.25, 0.3) is 17.4 Å². The molecule has 3 heterocycles. The van der Waals surface area contributed by atoms with E-state index in [1.54, 1.807) is 18.2 Å². The summed E-state index contributed by atoms with van der Waals surface area (Å²) in [6.45, 7) is 0.911. The zero-order valence-electron chi connectivity index (χ0n) is 15.4. The predicted molar refractivity (Wildman–Crippen MR) is 106 cm³/mol. The number of aromatic amines is 2. The molecule has 0 saturated heterocycles. The zero-order valence-corrected chi connectivity index (χ0v) is 16.1. The van der Waals surface area contributed by atoms with Crippen LogP contribution in [-0.4, -0.2) is 63.8 Å². The second-order valence-electron chi connectivity index (χ2n) is 6.91. The fourth-order valence-corrected chi connectivity index (χ4v) is 3.53. The Hall–Kier alpha value is -2.97. The molecule has 2 aromatic heterocycles. The fourth-order valence-electron chi connectivity index (χ4n) is 3.31. The standard InChI is InChI=1S/C19H18ClN5O3/c1-24(2)5-6-25-18(27)11-7-13-14(8-12(11)19(25)28)23-16(22-13)15-10(9-20)3-4-21-17(15)26/h3-4,7-8H,5-6,9H2,1-2H3,(H,21,26)(H,22,23). The molecule has 0 radical (unpaired) electrons. The molecule has 0 spiro atoms. The maximum Gasteiger partial charge on any atom is 0.261 e. The molecule has 0 unspecified atom stereocenters. The smallest absolute Gasteiger partial charge is 0.261 e. The number of alkyl halides is 1. The van der Waals surface area contributed by atoms with Crippen LogP contribution in [0.5, 0.6) is 0 Å². The highest BCUT2D eigenvalue weighted by Crippen LogP contribution is 2.29. The second-order valence-corrected chi connectivity index (χ2v) is 7.17. The van der Waals surface area contributed by atoms with Crippen LogP contribution in [0.4, 0.5) is 0 Å². The number of fused-ring (bicyclic) bond motifs is 2. The number of imide groups is 1. The maximum atomic E-state index is 12.7. The lowest BCUT2D eigenvalue weighted by atomic mass is 10.1. The van der Waals surface area contributed by atoms with Crippen molar-refractivity contribution in [2.24, 2.45) is 0 Å².